The molecule has 13 heavy (non-hydrogen) atoms. The number of allylic oxidation sites excluding steroid dienone is 4. The third-order valence-electron chi connectivity index (χ3n) is 1.33. The van der Waals surface area contributed by atoms with Gasteiger partial charge in [-0.05, 0) is 25.7 Å². The van der Waals surface area contributed by atoms with Gasteiger partial charge in [0.05, 0.1) is 0 Å². The quantitative estimate of drug-likeness (QED) is 0.396. The first-order chi connectivity index (χ1) is 5.41. The first-order valence-electron chi connectivity index (χ1n) is 3.54. The Labute approximate surface area is 99.8 Å². The predicted molar refractivity (Wildman–Crippen MR) is 61.3 cm³/mol. The number of hydrogen-bond acceptors (Lipinski definition) is 0. The van der Waals surface area contributed by atoms with Gasteiger partial charge in [0.15, 0.2) is 0 Å². The van der Waals surface area contributed by atoms with Crippen LogP contribution in [0.1, 0.15) is 25.7 Å². The third kappa shape index (κ3) is 19.2. The second-order valence-corrected chi connectivity index (χ2v) is 5.43. The van der Waals surface area contributed by atoms with Gasteiger partial charge in [-0.15, -0.1) is 0 Å². The second kappa shape index (κ2) is 18.5. The Hall–Kier alpha value is 0.748. The molecule has 0 nitrogen and oxygen atoms in total. The molecule has 0 saturated heterocycles. The molecule has 1 aliphatic rings. The Morgan fingerprint density at radius 3 is 1.00 bits per heavy atom. The van der Waals surface area contributed by atoms with E-state index in [-0.39, 0.29) is 14.9 Å². The Morgan fingerprint density at radius 1 is 0.692 bits per heavy atom. The van der Waals surface area contributed by atoms with Crippen LogP contribution in [0.4, 0.5) is 0 Å². The average molecular weight is 404 g/mol. The van der Waals surface area contributed by atoms with Gasteiger partial charge in [0.1, 0.15) is 0 Å². The summed E-state index contributed by atoms with van der Waals surface area (Å²) in [6.07, 6.45) is 14.0. The summed E-state index contributed by atoms with van der Waals surface area (Å²) >= 11 is -0.472. The van der Waals surface area contributed by atoms with Crippen LogP contribution in [0.15, 0.2) is 24.3 Å². The van der Waals surface area contributed by atoms with Crippen molar-refractivity contribution in [1.82, 2.24) is 0 Å². The molecular weight excluding hydrogens is 386 g/mol. The van der Waals surface area contributed by atoms with Crippen LogP contribution < -0.4 is 0 Å². The maximum atomic E-state index is 4.88. The zero-order valence-corrected chi connectivity index (χ0v) is 12.0. The van der Waals surface area contributed by atoms with Crippen molar-refractivity contribution in [3.05, 3.63) is 39.2 Å². The van der Waals surface area contributed by atoms with Crippen LogP contribution in [0, 0.1) is 14.9 Å². The van der Waals surface area contributed by atoms with Crippen LogP contribution in [0.5, 0.6) is 0 Å². The van der Waals surface area contributed by atoms with E-state index in [1.807, 2.05) is 0 Å². The normalized spacial score (nSPS) is 16.5. The molecule has 0 aromatic rings. The van der Waals surface area contributed by atoms with E-state index in [4.69, 9.17) is 18.8 Å². The Bertz CT molecular complexity index is 96.1. The first kappa shape index (κ1) is 19.3. The van der Waals surface area contributed by atoms with Gasteiger partial charge in [-0.2, -0.15) is 0 Å². The first-order valence-corrected chi connectivity index (χ1v) is 9.17. The molecule has 0 bridgehead atoms. The van der Waals surface area contributed by atoms with Crippen LogP contribution in [0.2, 0.25) is 0 Å². The van der Waals surface area contributed by atoms with Crippen molar-refractivity contribution in [3.63, 3.8) is 0 Å². The van der Waals surface area contributed by atoms with Gasteiger partial charge in [0.25, 0.3) is 0 Å². The summed E-state index contributed by atoms with van der Waals surface area (Å²) in [5.74, 6) is 0. The fraction of sp³-hybridized carbons (Fsp3) is 0.400. The van der Waals surface area contributed by atoms with E-state index in [1.165, 1.54) is 25.7 Å². The van der Waals surface area contributed by atoms with Gasteiger partial charge in [0, 0.05) is 0 Å². The molecule has 0 aliphatic heterocycles. The summed E-state index contributed by atoms with van der Waals surface area (Å²) in [7, 11) is 9.75. The van der Waals surface area contributed by atoms with Crippen LogP contribution in [-0.2, 0) is 16.5 Å². The van der Waals surface area contributed by atoms with Crippen molar-refractivity contribution in [1.29, 1.82) is 0 Å². The van der Waals surface area contributed by atoms with Crippen molar-refractivity contribution in [2.75, 3.05) is 0 Å². The van der Waals surface area contributed by atoms with Crippen molar-refractivity contribution < 1.29 is 16.5 Å². The summed E-state index contributed by atoms with van der Waals surface area (Å²) in [6.45, 7) is 0. The average Bonchev–Trinajstić information content (AvgIpc) is 1.86. The Kier molecular flexibility index (Phi) is 27.5. The van der Waals surface area contributed by atoms with Gasteiger partial charge < -0.3 is 14.9 Å². The predicted octanol–water partition coefficient (Wildman–Crippen LogP) is 4.95. The molecule has 0 spiro atoms. The zero-order valence-electron chi connectivity index (χ0n) is 8.21. The Balaban J connectivity index is -0.000000180. The number of halogens is 2. The van der Waals surface area contributed by atoms with E-state index >= 15 is 0 Å². The van der Waals surface area contributed by atoms with Crippen LogP contribution >= 0.6 is 18.8 Å². The standard InChI is InChI=1S/C8H12.2CH3.2ClH.Pt/c1-2-4-6-8-7-5-3-1;;;;;/h1-2,7-8H,3-6H2;2*1H3;2*1H;/q;2*-1;;;+4/p-2/b2-1-,8-7?;;;;;. The summed E-state index contributed by atoms with van der Waals surface area (Å²) in [4.78, 5) is 0. The topological polar surface area (TPSA) is 0 Å². The van der Waals surface area contributed by atoms with Gasteiger partial charge in [-0.25, -0.2) is 0 Å². The van der Waals surface area contributed by atoms with Gasteiger partial charge in [-0.3, -0.25) is 0 Å². The molecule has 0 aromatic heterocycles. The summed E-state index contributed by atoms with van der Waals surface area (Å²) < 4.78 is 0. The SMILES string of the molecule is C1=CCC/C=C\CC1.[CH3-].[CH3-].[Cl][Pt+2][Cl]. The van der Waals surface area contributed by atoms with E-state index in [1.54, 1.807) is 0 Å². The van der Waals surface area contributed by atoms with E-state index in [0.29, 0.717) is 0 Å². The van der Waals surface area contributed by atoms with Gasteiger partial charge in [-0.1, -0.05) is 24.3 Å². The molecule has 0 heterocycles. The summed E-state index contributed by atoms with van der Waals surface area (Å²) in [5.41, 5.74) is 0. The van der Waals surface area contributed by atoms with E-state index in [2.05, 4.69) is 24.3 Å². The molecular formula is C10H18Cl2Pt. The molecule has 0 fully saturated rings. The molecule has 0 radical (unpaired) electrons. The molecule has 0 amide bonds. The molecule has 0 atom stereocenters. The van der Waals surface area contributed by atoms with Gasteiger partial charge in [0.2, 0.25) is 0 Å². The fourth-order valence-electron chi connectivity index (χ4n) is 0.856. The zero-order chi connectivity index (χ0) is 8.36. The maximum absolute atomic E-state index is 4.88. The third-order valence-corrected chi connectivity index (χ3v) is 1.33. The molecule has 3 heteroatoms. The van der Waals surface area contributed by atoms with Crippen molar-refractivity contribution >= 4 is 18.8 Å². The molecule has 0 aromatic carbocycles. The second-order valence-electron chi connectivity index (χ2n) is 2.14. The molecule has 1 aliphatic carbocycles. The molecule has 82 valence electrons. The molecule has 0 saturated carbocycles. The fourth-order valence-corrected chi connectivity index (χ4v) is 0.856. The summed E-state index contributed by atoms with van der Waals surface area (Å²) in [6, 6.07) is 0. The molecule has 0 unspecified atom stereocenters. The van der Waals surface area contributed by atoms with Crippen molar-refractivity contribution in [2.24, 2.45) is 0 Å². The van der Waals surface area contributed by atoms with Crippen LogP contribution in [0.25, 0.3) is 0 Å². The van der Waals surface area contributed by atoms with Crippen LogP contribution in [0.3, 0.4) is 0 Å². The van der Waals surface area contributed by atoms with E-state index < -0.39 is 16.5 Å². The summed E-state index contributed by atoms with van der Waals surface area (Å²) in [5, 5.41) is 0. The van der Waals surface area contributed by atoms with Crippen LogP contribution in [-0.4, -0.2) is 0 Å². The van der Waals surface area contributed by atoms with E-state index in [9.17, 15) is 0 Å². The minimum absolute atomic E-state index is 0. The van der Waals surface area contributed by atoms with Gasteiger partial charge >= 0.3 is 35.3 Å². The number of hydrogen-bond donors (Lipinski definition) is 0. The number of rotatable bonds is 0. The van der Waals surface area contributed by atoms with Crippen molar-refractivity contribution in [2.45, 2.75) is 25.7 Å². The van der Waals surface area contributed by atoms with E-state index in [0.717, 1.165) is 0 Å². The van der Waals surface area contributed by atoms with Crippen molar-refractivity contribution in [3.8, 4) is 0 Å². The minimum atomic E-state index is -0.472. The Morgan fingerprint density at radius 2 is 0.846 bits per heavy atom. The molecule has 1 rings (SSSR count). The monoisotopic (exact) mass is 403 g/mol. The molecule has 0 N–H and O–H groups in total.